The van der Waals surface area contributed by atoms with E-state index in [9.17, 15) is 14.0 Å². The Morgan fingerprint density at radius 1 is 1.05 bits per heavy atom. The van der Waals surface area contributed by atoms with E-state index >= 15 is 0 Å². The molecule has 0 aromatic heterocycles. The molecule has 0 aliphatic carbocycles. The lowest BCUT2D eigenvalue weighted by Gasteiger charge is -2.09. The molecule has 0 heterocycles. The van der Waals surface area contributed by atoms with Crippen LogP contribution in [-0.4, -0.2) is 17.0 Å². The molecule has 0 radical (unpaired) electrons. The van der Waals surface area contributed by atoms with Gasteiger partial charge in [-0.15, -0.1) is 0 Å². The fourth-order valence-corrected chi connectivity index (χ4v) is 1.95. The number of carbonyl (C=O) groups is 2. The Morgan fingerprint density at radius 3 is 2.38 bits per heavy atom. The Hall–Kier alpha value is -2.69. The van der Waals surface area contributed by atoms with Gasteiger partial charge in [0.25, 0.3) is 5.91 Å². The summed E-state index contributed by atoms with van der Waals surface area (Å²) in [7, 11) is 0. The molecule has 0 bridgehead atoms. The van der Waals surface area contributed by atoms with E-state index in [0.29, 0.717) is 5.56 Å². The lowest BCUT2D eigenvalue weighted by molar-refractivity contribution is 0.0692. The number of rotatable bonds is 3. The Labute approximate surface area is 121 Å². The Balaban J connectivity index is 2.26. The fourth-order valence-electron chi connectivity index (χ4n) is 1.95. The maximum absolute atomic E-state index is 13.6. The molecular weight excluding hydrogens is 273 g/mol. The molecule has 0 saturated carbocycles. The van der Waals surface area contributed by atoms with E-state index in [-0.39, 0.29) is 11.6 Å². The van der Waals surface area contributed by atoms with E-state index in [2.05, 4.69) is 5.32 Å². The van der Waals surface area contributed by atoms with Crippen molar-refractivity contribution in [3.8, 4) is 0 Å². The van der Waals surface area contributed by atoms with Crippen LogP contribution in [0.15, 0.2) is 36.4 Å². The van der Waals surface area contributed by atoms with Gasteiger partial charge in [0.2, 0.25) is 0 Å². The Morgan fingerprint density at radius 2 is 1.76 bits per heavy atom. The summed E-state index contributed by atoms with van der Waals surface area (Å²) in [5.74, 6) is -2.60. The van der Waals surface area contributed by atoms with Crippen LogP contribution in [0.25, 0.3) is 0 Å². The summed E-state index contributed by atoms with van der Waals surface area (Å²) in [6, 6.07) is 8.94. The second-order valence-corrected chi connectivity index (χ2v) is 4.77. The molecule has 0 fully saturated rings. The minimum Gasteiger partial charge on any atom is -0.478 e. The highest BCUT2D eigenvalue weighted by Gasteiger charge is 2.13. The first-order valence-electron chi connectivity index (χ1n) is 6.30. The minimum absolute atomic E-state index is 0.211. The maximum atomic E-state index is 13.6. The van der Waals surface area contributed by atoms with Crippen LogP contribution in [-0.2, 0) is 0 Å². The van der Waals surface area contributed by atoms with Crippen LogP contribution >= 0.6 is 0 Å². The number of aromatic carboxylic acids is 1. The normalized spacial score (nSPS) is 10.2. The molecule has 108 valence electrons. The summed E-state index contributed by atoms with van der Waals surface area (Å²) >= 11 is 0. The highest BCUT2D eigenvalue weighted by Crippen LogP contribution is 2.17. The summed E-state index contributed by atoms with van der Waals surface area (Å²) < 4.78 is 13.6. The quantitative estimate of drug-likeness (QED) is 0.909. The molecule has 1 amide bonds. The van der Waals surface area contributed by atoms with Gasteiger partial charge in [-0.1, -0.05) is 17.7 Å². The molecule has 2 aromatic rings. The predicted molar refractivity (Wildman–Crippen MR) is 77.2 cm³/mol. The topological polar surface area (TPSA) is 66.4 Å². The first-order valence-corrected chi connectivity index (χ1v) is 6.30. The molecule has 4 nitrogen and oxygen atoms in total. The Bertz CT molecular complexity index is 725. The monoisotopic (exact) mass is 287 g/mol. The SMILES string of the molecule is Cc1ccc(C)c(C(=O)Nc2ccc(C(=O)O)c(F)c2)c1. The predicted octanol–water partition coefficient (Wildman–Crippen LogP) is 3.39. The van der Waals surface area contributed by atoms with Crippen molar-refractivity contribution in [1.29, 1.82) is 0 Å². The van der Waals surface area contributed by atoms with Gasteiger partial charge in [-0.25, -0.2) is 9.18 Å². The summed E-state index contributed by atoms with van der Waals surface area (Å²) in [4.78, 5) is 22.9. The summed E-state index contributed by atoms with van der Waals surface area (Å²) in [5, 5.41) is 11.3. The molecule has 0 unspecified atom stereocenters. The zero-order valence-corrected chi connectivity index (χ0v) is 11.6. The van der Waals surface area contributed by atoms with Crippen LogP contribution in [0, 0.1) is 19.7 Å². The molecule has 2 aromatic carbocycles. The van der Waals surface area contributed by atoms with Gasteiger partial charge in [-0.2, -0.15) is 0 Å². The summed E-state index contributed by atoms with van der Waals surface area (Å²) in [6.07, 6.45) is 0. The molecule has 5 heteroatoms. The standard InChI is InChI=1S/C16H14FNO3/c1-9-3-4-10(2)13(7-9)15(19)18-11-5-6-12(16(20)21)14(17)8-11/h3-8H,1-2H3,(H,18,19)(H,20,21). The van der Waals surface area contributed by atoms with Crippen LogP contribution < -0.4 is 5.32 Å². The number of carbonyl (C=O) groups excluding carboxylic acids is 1. The molecular formula is C16H14FNO3. The molecule has 0 aliphatic rings. The van der Waals surface area contributed by atoms with Crippen molar-refractivity contribution < 1.29 is 19.1 Å². The third-order valence-electron chi connectivity index (χ3n) is 3.10. The van der Waals surface area contributed by atoms with Crippen molar-refractivity contribution in [2.45, 2.75) is 13.8 Å². The molecule has 0 atom stereocenters. The average Bonchev–Trinajstić information content (AvgIpc) is 2.41. The molecule has 2 N–H and O–H groups in total. The third-order valence-corrected chi connectivity index (χ3v) is 3.10. The first kappa shape index (κ1) is 14.7. The van der Waals surface area contributed by atoms with E-state index in [1.165, 1.54) is 6.07 Å². The molecule has 0 aliphatic heterocycles. The van der Waals surface area contributed by atoms with Crippen molar-refractivity contribution in [3.05, 3.63) is 64.5 Å². The van der Waals surface area contributed by atoms with Gasteiger partial charge in [0, 0.05) is 11.3 Å². The highest BCUT2D eigenvalue weighted by atomic mass is 19.1. The molecule has 21 heavy (non-hydrogen) atoms. The number of hydrogen-bond donors (Lipinski definition) is 2. The first-order chi connectivity index (χ1) is 9.88. The van der Waals surface area contributed by atoms with Gasteiger partial charge in [-0.3, -0.25) is 4.79 Å². The lowest BCUT2D eigenvalue weighted by Crippen LogP contribution is -2.14. The number of halogens is 1. The number of anilines is 1. The average molecular weight is 287 g/mol. The van der Waals surface area contributed by atoms with Gasteiger partial charge in [0.05, 0.1) is 5.56 Å². The van der Waals surface area contributed by atoms with E-state index in [1.807, 2.05) is 26.0 Å². The number of amides is 1. The summed E-state index contributed by atoms with van der Waals surface area (Å²) in [6.45, 7) is 3.68. The van der Waals surface area contributed by atoms with Crippen molar-refractivity contribution in [3.63, 3.8) is 0 Å². The highest BCUT2D eigenvalue weighted by molar-refractivity contribution is 6.05. The number of hydrogen-bond acceptors (Lipinski definition) is 2. The van der Waals surface area contributed by atoms with Gasteiger partial charge in [0.15, 0.2) is 0 Å². The van der Waals surface area contributed by atoms with E-state index in [1.54, 1.807) is 6.07 Å². The number of carboxylic acids is 1. The van der Waals surface area contributed by atoms with Crippen molar-refractivity contribution in [1.82, 2.24) is 0 Å². The van der Waals surface area contributed by atoms with Crippen LogP contribution in [0.5, 0.6) is 0 Å². The molecule has 2 rings (SSSR count). The number of benzene rings is 2. The number of nitrogens with one attached hydrogen (secondary N) is 1. The van der Waals surface area contributed by atoms with Crippen molar-refractivity contribution in [2.24, 2.45) is 0 Å². The number of carboxylic acid groups (broad SMARTS) is 1. The molecule has 0 spiro atoms. The van der Waals surface area contributed by atoms with Crippen LogP contribution in [0.4, 0.5) is 10.1 Å². The van der Waals surface area contributed by atoms with Crippen LogP contribution in [0.2, 0.25) is 0 Å². The summed E-state index contributed by atoms with van der Waals surface area (Å²) in [5.41, 5.74) is 2.03. The van der Waals surface area contributed by atoms with Gasteiger partial charge < -0.3 is 10.4 Å². The van der Waals surface area contributed by atoms with E-state index < -0.39 is 17.3 Å². The zero-order chi connectivity index (χ0) is 15.6. The lowest BCUT2D eigenvalue weighted by atomic mass is 10.0. The van der Waals surface area contributed by atoms with Gasteiger partial charge in [-0.05, 0) is 43.7 Å². The smallest absolute Gasteiger partial charge is 0.338 e. The van der Waals surface area contributed by atoms with Crippen LogP contribution in [0.3, 0.4) is 0 Å². The Kier molecular flexibility index (Phi) is 4.03. The van der Waals surface area contributed by atoms with E-state index in [0.717, 1.165) is 23.3 Å². The largest absolute Gasteiger partial charge is 0.478 e. The minimum atomic E-state index is -1.35. The van der Waals surface area contributed by atoms with E-state index in [4.69, 9.17) is 5.11 Å². The third kappa shape index (κ3) is 3.25. The fraction of sp³-hybridized carbons (Fsp3) is 0.125. The number of aryl methyl sites for hydroxylation is 2. The van der Waals surface area contributed by atoms with Crippen LogP contribution in [0.1, 0.15) is 31.8 Å². The second kappa shape index (κ2) is 5.75. The van der Waals surface area contributed by atoms with Crippen molar-refractivity contribution >= 4 is 17.6 Å². The van der Waals surface area contributed by atoms with Crippen molar-refractivity contribution in [2.75, 3.05) is 5.32 Å². The molecule has 0 saturated heterocycles. The zero-order valence-electron chi connectivity index (χ0n) is 11.6. The van der Waals surface area contributed by atoms with Gasteiger partial charge in [0.1, 0.15) is 5.82 Å². The second-order valence-electron chi connectivity index (χ2n) is 4.77. The maximum Gasteiger partial charge on any atom is 0.338 e. The van der Waals surface area contributed by atoms with Gasteiger partial charge >= 0.3 is 5.97 Å².